The van der Waals surface area contributed by atoms with Crippen LogP contribution in [0.25, 0.3) is 21.9 Å². The van der Waals surface area contributed by atoms with Gasteiger partial charge in [-0.3, -0.25) is 33.7 Å². The summed E-state index contributed by atoms with van der Waals surface area (Å²) in [5.74, 6) is -0.217. The van der Waals surface area contributed by atoms with Crippen molar-refractivity contribution in [3.05, 3.63) is 63.8 Å². The van der Waals surface area contributed by atoms with Gasteiger partial charge in [0.15, 0.2) is 18.2 Å². The zero-order chi connectivity index (χ0) is 41.8. The Morgan fingerprint density at radius 2 is 1.88 bits per heavy atom. The van der Waals surface area contributed by atoms with Crippen molar-refractivity contribution in [1.82, 2.24) is 39.9 Å². The third-order valence-electron chi connectivity index (χ3n) is 12.5. The summed E-state index contributed by atoms with van der Waals surface area (Å²) in [6.07, 6.45) is 8.15. The van der Waals surface area contributed by atoms with Crippen LogP contribution in [0.15, 0.2) is 47.5 Å². The summed E-state index contributed by atoms with van der Waals surface area (Å²) in [5.41, 5.74) is 3.58. The molecule has 2 aliphatic heterocycles. The molecule has 1 spiro atoms. The second kappa shape index (κ2) is 15.4. The van der Waals surface area contributed by atoms with E-state index in [1.807, 2.05) is 37.7 Å². The highest BCUT2D eigenvalue weighted by Gasteiger charge is 2.53. The number of hydrogen-bond donors (Lipinski definition) is 4. The Hall–Kier alpha value is -5.77. The van der Waals surface area contributed by atoms with E-state index in [1.165, 1.54) is 7.05 Å². The minimum atomic E-state index is -0.440. The molecule has 5 aromatic rings. The molecule has 2 saturated heterocycles. The Morgan fingerprint density at radius 3 is 2.61 bits per heavy atom. The van der Waals surface area contributed by atoms with Gasteiger partial charge in [0.1, 0.15) is 10.7 Å². The van der Waals surface area contributed by atoms with Crippen LogP contribution in [-0.4, -0.2) is 79.8 Å². The highest BCUT2D eigenvalue weighted by molar-refractivity contribution is 6.33. The van der Waals surface area contributed by atoms with Gasteiger partial charge >= 0.3 is 0 Å². The largest absolute Gasteiger partial charge is 0.478 e. The number of amides is 3. The van der Waals surface area contributed by atoms with E-state index >= 15 is 0 Å². The molecular formula is C42H50ClN11O5. The number of piperidine rings is 1. The Morgan fingerprint density at radius 1 is 1.08 bits per heavy atom. The molecule has 3 aliphatic rings. The van der Waals surface area contributed by atoms with Gasteiger partial charge in [0.05, 0.1) is 35.2 Å². The Balaban J connectivity index is 0.948. The van der Waals surface area contributed by atoms with Crippen molar-refractivity contribution in [1.29, 1.82) is 0 Å². The predicted molar refractivity (Wildman–Crippen MR) is 226 cm³/mol. The third kappa shape index (κ3) is 7.54. The lowest BCUT2D eigenvalue weighted by atomic mass is 9.56. The number of rotatable bonds is 11. The lowest BCUT2D eigenvalue weighted by molar-refractivity contribution is -0.134. The average molecular weight is 824 g/mol. The number of aryl methyl sites for hydroxylation is 1. The van der Waals surface area contributed by atoms with Crippen molar-refractivity contribution < 1.29 is 19.1 Å². The van der Waals surface area contributed by atoms with E-state index in [2.05, 4.69) is 62.1 Å². The molecule has 1 unspecified atom stereocenters. The molecule has 1 saturated carbocycles. The zero-order valence-electron chi connectivity index (χ0n) is 34.2. The van der Waals surface area contributed by atoms with Crippen molar-refractivity contribution in [3.63, 3.8) is 0 Å². The minimum Gasteiger partial charge on any atom is -0.478 e. The molecule has 310 valence electrons. The van der Waals surface area contributed by atoms with Crippen LogP contribution in [0.2, 0.25) is 5.02 Å². The van der Waals surface area contributed by atoms with Crippen LogP contribution in [0, 0.1) is 10.8 Å². The summed E-state index contributed by atoms with van der Waals surface area (Å²) in [6, 6.07) is 9.74. The van der Waals surface area contributed by atoms with Crippen LogP contribution in [0.5, 0.6) is 5.75 Å². The Kier molecular flexibility index (Phi) is 10.5. The first-order valence-electron chi connectivity index (χ1n) is 20.2. The van der Waals surface area contributed by atoms with Crippen LogP contribution in [-0.2, 0) is 21.4 Å². The van der Waals surface area contributed by atoms with E-state index in [9.17, 15) is 19.2 Å². The van der Waals surface area contributed by atoms with Gasteiger partial charge in [-0.1, -0.05) is 25.4 Å². The number of nitrogens with one attached hydrogen (secondary N) is 4. The molecule has 3 atom stereocenters. The number of halogens is 1. The van der Waals surface area contributed by atoms with E-state index in [0.29, 0.717) is 52.0 Å². The van der Waals surface area contributed by atoms with E-state index in [-0.39, 0.29) is 58.6 Å². The molecule has 0 bridgehead atoms. The van der Waals surface area contributed by atoms with Crippen molar-refractivity contribution in [2.45, 2.75) is 84.2 Å². The Bertz CT molecular complexity index is 2550. The SMILES string of the molecule is CC[C@@]1(C)CC2(CC[C@H]1Nc1ccc3c(C4CCC(=O)NC4=O)nn(C)c3c1)CN(c1ncc(Cl)c(Nc3cnc4c(c3)cc(OCC(=O)NC)c(=O)n4C(C)C)n1)C2. The number of hydrogen-bond acceptors (Lipinski definition) is 12. The number of pyridine rings is 2. The second-order valence-corrected chi connectivity index (χ2v) is 17.3. The summed E-state index contributed by atoms with van der Waals surface area (Å²) in [5, 5.41) is 18.8. The monoisotopic (exact) mass is 823 g/mol. The molecule has 4 N–H and O–H groups in total. The number of ether oxygens (including phenoxy) is 1. The number of fused-ring (bicyclic) bond motifs is 2. The highest BCUT2D eigenvalue weighted by atomic mass is 35.5. The maximum absolute atomic E-state index is 13.2. The van der Waals surface area contributed by atoms with Gasteiger partial charge in [-0.15, -0.1) is 0 Å². The fourth-order valence-electron chi connectivity index (χ4n) is 9.25. The van der Waals surface area contributed by atoms with Crippen LogP contribution >= 0.6 is 11.6 Å². The van der Waals surface area contributed by atoms with Crippen LogP contribution in [0.1, 0.15) is 83.9 Å². The van der Waals surface area contributed by atoms with Gasteiger partial charge in [0.2, 0.25) is 17.8 Å². The molecular weight excluding hydrogens is 774 g/mol. The van der Waals surface area contributed by atoms with Gasteiger partial charge in [0, 0.05) is 67.6 Å². The molecule has 6 heterocycles. The number of imide groups is 1. The van der Waals surface area contributed by atoms with Crippen molar-refractivity contribution >= 4 is 74.4 Å². The van der Waals surface area contributed by atoms with Crippen molar-refractivity contribution in [2.75, 3.05) is 42.3 Å². The smallest absolute Gasteiger partial charge is 0.294 e. The molecule has 1 aromatic carbocycles. The molecule has 8 rings (SSSR count). The van der Waals surface area contributed by atoms with Crippen LogP contribution in [0.3, 0.4) is 0 Å². The lowest BCUT2D eigenvalue weighted by Gasteiger charge is -2.59. The second-order valence-electron chi connectivity index (χ2n) is 16.9. The number of carbonyl (C=O) groups is 3. The standard InChI is InChI=1S/C42H50ClN11O5/c1-7-41(4)20-42(13-12-32(41)47-25-8-9-27-30(16-25)52(6)51-35(27)28-10-11-33(55)49-38(28)57)21-53(22-42)40-46-18-29(43)36(50-40)48-26-14-24-15-31(59-19-34(56)44-5)39(58)54(23(2)3)37(24)45-17-26/h8-9,14-18,23,28,32,47H,7,10-13,19-22H2,1-6H3,(H,44,56)(H,46,48,50)(H,49,55,57)/t28?,32-,41+/m1/s1. The average Bonchev–Trinajstić information content (AvgIpc) is 3.52. The number of benzene rings is 1. The number of likely N-dealkylation sites (N-methyl/N-ethyl adjacent to an activating group) is 1. The van der Waals surface area contributed by atoms with E-state index in [0.717, 1.165) is 55.4 Å². The van der Waals surface area contributed by atoms with Crippen molar-refractivity contribution in [2.24, 2.45) is 17.9 Å². The first kappa shape index (κ1) is 40.0. The first-order chi connectivity index (χ1) is 28.2. The topological polar surface area (TPSA) is 190 Å². The molecule has 3 fully saturated rings. The number of aromatic nitrogens is 6. The third-order valence-corrected chi connectivity index (χ3v) is 12.8. The van der Waals surface area contributed by atoms with Crippen molar-refractivity contribution in [3.8, 4) is 5.75 Å². The van der Waals surface area contributed by atoms with E-state index in [4.69, 9.17) is 26.4 Å². The molecule has 0 radical (unpaired) electrons. The molecule has 59 heavy (non-hydrogen) atoms. The number of nitrogens with zero attached hydrogens (tertiary/aromatic N) is 7. The quantitative estimate of drug-likeness (QED) is 0.121. The van der Waals surface area contributed by atoms with E-state index < -0.39 is 5.92 Å². The van der Waals surface area contributed by atoms with Gasteiger partial charge < -0.3 is 25.6 Å². The molecule has 3 amide bonds. The van der Waals surface area contributed by atoms with Gasteiger partial charge in [-0.25, -0.2) is 9.97 Å². The van der Waals surface area contributed by atoms with Gasteiger partial charge in [0.25, 0.3) is 11.5 Å². The first-order valence-corrected chi connectivity index (χ1v) is 20.6. The van der Waals surface area contributed by atoms with Gasteiger partial charge in [-0.05, 0) is 81.7 Å². The summed E-state index contributed by atoms with van der Waals surface area (Å²) in [6.45, 7) is 9.81. The summed E-state index contributed by atoms with van der Waals surface area (Å²) < 4.78 is 8.97. The number of carbonyl (C=O) groups excluding carboxylic acids is 3. The van der Waals surface area contributed by atoms with E-state index in [1.54, 1.807) is 23.0 Å². The minimum absolute atomic E-state index is 0.0359. The van der Waals surface area contributed by atoms with Gasteiger partial charge in [-0.2, -0.15) is 10.1 Å². The molecule has 1 aliphatic carbocycles. The molecule has 16 nitrogen and oxygen atoms in total. The molecule has 17 heteroatoms. The summed E-state index contributed by atoms with van der Waals surface area (Å²) in [7, 11) is 3.40. The lowest BCUT2D eigenvalue weighted by Crippen LogP contribution is -2.62. The zero-order valence-corrected chi connectivity index (χ0v) is 34.9. The fourth-order valence-corrected chi connectivity index (χ4v) is 9.39. The maximum Gasteiger partial charge on any atom is 0.294 e. The maximum atomic E-state index is 13.2. The summed E-state index contributed by atoms with van der Waals surface area (Å²) in [4.78, 5) is 65.8. The highest BCUT2D eigenvalue weighted by Crippen LogP contribution is 2.54. The van der Waals surface area contributed by atoms with Crippen LogP contribution < -0.4 is 36.5 Å². The fraction of sp³-hybridized carbons (Fsp3) is 0.476. The predicted octanol–water partition coefficient (Wildman–Crippen LogP) is 5.58. The Labute approximate surface area is 346 Å². The normalized spacial score (nSPS) is 21.5. The van der Waals surface area contributed by atoms with Crippen LogP contribution in [0.4, 0.5) is 23.1 Å². The number of anilines is 4. The summed E-state index contributed by atoms with van der Waals surface area (Å²) >= 11 is 6.63. The molecule has 4 aromatic heterocycles.